The second kappa shape index (κ2) is 6.04. The molecular weight excluding hydrogens is 224 g/mol. The largest absolute Gasteiger partial charge is 0.378 e. The van der Waals surface area contributed by atoms with Crippen LogP contribution in [0.2, 0.25) is 0 Å². The lowest BCUT2D eigenvalue weighted by molar-refractivity contribution is 0.0760. The van der Waals surface area contributed by atoms with Crippen LogP contribution in [-0.2, 0) is 4.74 Å². The van der Waals surface area contributed by atoms with Crippen LogP contribution in [0.4, 0.5) is 0 Å². The molecule has 1 unspecified atom stereocenters. The van der Waals surface area contributed by atoms with Gasteiger partial charge in [-0.05, 0) is 50.4 Å². The minimum absolute atomic E-state index is 0.390. The van der Waals surface area contributed by atoms with Gasteiger partial charge in [-0.3, -0.25) is 5.32 Å². The summed E-state index contributed by atoms with van der Waals surface area (Å²) in [6, 6.07) is 3.09. The first kappa shape index (κ1) is 13.8. The van der Waals surface area contributed by atoms with Gasteiger partial charge in [-0.15, -0.1) is 0 Å². The number of hydrogen-bond acceptors (Lipinski definition) is 3. The van der Waals surface area contributed by atoms with Crippen molar-refractivity contribution in [2.75, 3.05) is 13.2 Å². The Morgan fingerprint density at radius 3 is 2.56 bits per heavy atom. The molecule has 2 aliphatic carbocycles. The summed E-state index contributed by atoms with van der Waals surface area (Å²) >= 11 is 0. The minimum atomic E-state index is -0.390. The van der Waals surface area contributed by atoms with Crippen LogP contribution in [0.25, 0.3) is 0 Å². The monoisotopic (exact) mass is 250 g/mol. The van der Waals surface area contributed by atoms with E-state index in [1.54, 1.807) is 0 Å². The highest BCUT2D eigenvalue weighted by Gasteiger charge is 2.48. The second-order valence-electron chi connectivity index (χ2n) is 6.36. The molecule has 0 aromatic rings. The molecular formula is C15H26N2O. The molecule has 0 amide bonds. The predicted molar refractivity (Wildman–Crippen MR) is 72.1 cm³/mol. The third-order valence-electron chi connectivity index (χ3n) is 3.91. The zero-order chi connectivity index (χ0) is 13.0. The van der Waals surface area contributed by atoms with Crippen molar-refractivity contribution in [3.63, 3.8) is 0 Å². The van der Waals surface area contributed by atoms with Crippen molar-refractivity contribution in [2.45, 2.75) is 64.0 Å². The fourth-order valence-electron chi connectivity index (χ4n) is 2.43. The first-order valence-electron chi connectivity index (χ1n) is 7.43. The van der Waals surface area contributed by atoms with Gasteiger partial charge in [0.1, 0.15) is 5.54 Å². The zero-order valence-electron chi connectivity index (χ0n) is 11.7. The molecule has 1 atom stereocenters. The summed E-state index contributed by atoms with van der Waals surface area (Å²) in [7, 11) is 0. The van der Waals surface area contributed by atoms with E-state index < -0.39 is 0 Å². The maximum absolute atomic E-state index is 9.52. The maximum Gasteiger partial charge on any atom is 0.133 e. The first-order chi connectivity index (χ1) is 8.66. The number of rotatable bonds is 9. The Hall–Kier alpha value is -0.590. The average Bonchev–Trinajstić information content (AvgIpc) is 3.18. The van der Waals surface area contributed by atoms with E-state index in [9.17, 15) is 5.26 Å². The van der Waals surface area contributed by atoms with Crippen LogP contribution in [0.15, 0.2) is 0 Å². The highest BCUT2D eigenvalue weighted by Crippen LogP contribution is 2.41. The van der Waals surface area contributed by atoms with E-state index in [-0.39, 0.29) is 5.54 Å². The maximum atomic E-state index is 9.52. The van der Waals surface area contributed by atoms with E-state index in [4.69, 9.17) is 4.74 Å². The normalized spacial score (nSPS) is 22.8. The summed E-state index contributed by atoms with van der Waals surface area (Å²) in [6.45, 7) is 5.83. The van der Waals surface area contributed by atoms with Crippen LogP contribution in [0.5, 0.6) is 0 Å². The summed E-state index contributed by atoms with van der Waals surface area (Å²) in [5.74, 6) is 1.26. The molecule has 0 spiro atoms. The zero-order valence-corrected chi connectivity index (χ0v) is 11.7. The SMILES string of the molecule is CC(C)CCCOCC(C#N)(NC1CC1)C1CC1. The number of nitrogens with one attached hydrogen (secondary N) is 1. The van der Waals surface area contributed by atoms with Crippen LogP contribution >= 0.6 is 0 Å². The van der Waals surface area contributed by atoms with Crippen molar-refractivity contribution in [2.24, 2.45) is 11.8 Å². The molecule has 0 heterocycles. The van der Waals surface area contributed by atoms with Gasteiger partial charge in [0.05, 0.1) is 12.7 Å². The predicted octanol–water partition coefficient (Wildman–Crippen LogP) is 2.86. The van der Waals surface area contributed by atoms with Crippen molar-refractivity contribution >= 4 is 0 Å². The van der Waals surface area contributed by atoms with E-state index in [0.29, 0.717) is 18.6 Å². The average molecular weight is 250 g/mol. The van der Waals surface area contributed by atoms with Gasteiger partial charge in [0.15, 0.2) is 0 Å². The summed E-state index contributed by atoms with van der Waals surface area (Å²) in [5.41, 5.74) is -0.390. The summed E-state index contributed by atoms with van der Waals surface area (Å²) in [4.78, 5) is 0. The molecule has 0 radical (unpaired) electrons. The fraction of sp³-hybridized carbons (Fsp3) is 0.933. The third kappa shape index (κ3) is 3.96. The van der Waals surface area contributed by atoms with Crippen molar-refractivity contribution in [3.8, 4) is 6.07 Å². The van der Waals surface area contributed by atoms with E-state index in [2.05, 4.69) is 25.2 Å². The highest BCUT2D eigenvalue weighted by molar-refractivity contribution is 5.17. The Bertz CT molecular complexity index is 302. The molecule has 1 N–H and O–H groups in total. The third-order valence-corrected chi connectivity index (χ3v) is 3.91. The van der Waals surface area contributed by atoms with E-state index in [0.717, 1.165) is 18.9 Å². The van der Waals surface area contributed by atoms with Crippen LogP contribution in [-0.4, -0.2) is 24.8 Å². The second-order valence-corrected chi connectivity index (χ2v) is 6.36. The smallest absolute Gasteiger partial charge is 0.133 e. The Labute approximate surface area is 111 Å². The van der Waals surface area contributed by atoms with Gasteiger partial charge in [-0.2, -0.15) is 5.26 Å². The Morgan fingerprint density at radius 2 is 2.06 bits per heavy atom. The molecule has 3 heteroatoms. The lowest BCUT2D eigenvalue weighted by atomic mass is 9.96. The van der Waals surface area contributed by atoms with Crippen LogP contribution in [0.1, 0.15) is 52.4 Å². The van der Waals surface area contributed by atoms with E-state index in [1.165, 1.54) is 32.1 Å². The molecule has 2 fully saturated rings. The van der Waals surface area contributed by atoms with Crippen molar-refractivity contribution in [3.05, 3.63) is 0 Å². The van der Waals surface area contributed by atoms with Crippen molar-refractivity contribution < 1.29 is 4.74 Å². The molecule has 0 aliphatic heterocycles. The van der Waals surface area contributed by atoms with Crippen molar-refractivity contribution in [1.82, 2.24) is 5.32 Å². The van der Waals surface area contributed by atoms with Crippen molar-refractivity contribution in [1.29, 1.82) is 5.26 Å². The summed E-state index contributed by atoms with van der Waals surface area (Å²) in [5, 5.41) is 13.0. The molecule has 0 bridgehead atoms. The summed E-state index contributed by atoms with van der Waals surface area (Å²) < 4.78 is 5.79. The molecule has 102 valence electrons. The lowest BCUT2D eigenvalue weighted by Crippen LogP contribution is -2.51. The summed E-state index contributed by atoms with van der Waals surface area (Å²) in [6.07, 6.45) is 7.13. The standard InChI is InChI=1S/C15H26N2O/c1-12(2)4-3-9-18-11-15(10-16,13-5-6-13)17-14-7-8-14/h12-14,17H,3-9,11H2,1-2H3. The van der Waals surface area contributed by atoms with Gasteiger partial charge < -0.3 is 4.74 Å². The molecule has 0 aromatic heterocycles. The van der Waals surface area contributed by atoms with Gasteiger partial charge in [0, 0.05) is 12.6 Å². The molecule has 2 rings (SSSR count). The Balaban J connectivity index is 1.73. The van der Waals surface area contributed by atoms with Gasteiger partial charge >= 0.3 is 0 Å². The molecule has 2 aliphatic rings. The number of nitrogens with zero attached hydrogens (tertiary/aromatic N) is 1. The number of nitriles is 1. The molecule has 0 aromatic carbocycles. The minimum Gasteiger partial charge on any atom is -0.378 e. The highest BCUT2D eigenvalue weighted by atomic mass is 16.5. The topological polar surface area (TPSA) is 45.0 Å². The first-order valence-corrected chi connectivity index (χ1v) is 7.43. The van der Waals surface area contributed by atoms with E-state index >= 15 is 0 Å². The lowest BCUT2D eigenvalue weighted by Gasteiger charge is -2.28. The Kier molecular flexibility index (Phi) is 4.64. The van der Waals surface area contributed by atoms with E-state index in [1.807, 2.05) is 0 Å². The van der Waals surface area contributed by atoms with Gasteiger partial charge in [-0.1, -0.05) is 13.8 Å². The van der Waals surface area contributed by atoms with Crippen LogP contribution < -0.4 is 5.32 Å². The number of ether oxygens (including phenoxy) is 1. The quantitative estimate of drug-likeness (QED) is 0.640. The molecule has 3 nitrogen and oxygen atoms in total. The molecule has 0 saturated heterocycles. The van der Waals surface area contributed by atoms with Gasteiger partial charge in [-0.25, -0.2) is 0 Å². The van der Waals surface area contributed by atoms with Crippen LogP contribution in [0, 0.1) is 23.2 Å². The van der Waals surface area contributed by atoms with Gasteiger partial charge in [0.25, 0.3) is 0 Å². The molecule has 2 saturated carbocycles. The molecule has 18 heavy (non-hydrogen) atoms. The van der Waals surface area contributed by atoms with Crippen LogP contribution in [0.3, 0.4) is 0 Å². The Morgan fingerprint density at radius 1 is 1.33 bits per heavy atom. The van der Waals surface area contributed by atoms with Gasteiger partial charge in [0.2, 0.25) is 0 Å². The fourth-order valence-corrected chi connectivity index (χ4v) is 2.43. The number of hydrogen-bond donors (Lipinski definition) is 1.